The third-order valence-electron chi connectivity index (χ3n) is 1.95. The number of fused-ring (bicyclic) bond motifs is 1. The third kappa shape index (κ3) is 1.58. The molecule has 3 nitrogen and oxygen atoms in total. The number of thiocarbonyl (C=S) groups is 1. The molecule has 0 aromatic carbocycles. The molecule has 0 spiro atoms. The van der Waals surface area contributed by atoms with Gasteiger partial charge in [0.25, 0.3) is 0 Å². The van der Waals surface area contributed by atoms with Crippen LogP contribution in [0.5, 0.6) is 0 Å². The van der Waals surface area contributed by atoms with E-state index in [2.05, 4.69) is 16.5 Å². The van der Waals surface area contributed by atoms with Gasteiger partial charge in [0.15, 0.2) is 10.3 Å². The number of aliphatic imine (C=N–C) groups is 1. The van der Waals surface area contributed by atoms with Gasteiger partial charge in [-0.25, -0.2) is 0 Å². The molecule has 1 fully saturated rings. The zero-order valence-electron chi connectivity index (χ0n) is 7.27. The summed E-state index contributed by atoms with van der Waals surface area (Å²) in [6, 6.07) is 0. The maximum Gasteiger partial charge on any atom is 0.188 e. The minimum Gasteiger partial charge on any atom is -0.296 e. The van der Waals surface area contributed by atoms with Gasteiger partial charge in [-0.2, -0.15) is 0 Å². The van der Waals surface area contributed by atoms with Crippen molar-refractivity contribution in [2.45, 2.75) is 6.42 Å². The molecule has 0 aliphatic carbocycles. The Morgan fingerprint density at radius 3 is 3.23 bits per heavy atom. The van der Waals surface area contributed by atoms with Gasteiger partial charge in [-0.1, -0.05) is 6.08 Å². The molecule has 2 heterocycles. The monoisotopic (exact) mass is 213 g/mol. The zero-order valence-corrected chi connectivity index (χ0v) is 8.90. The lowest BCUT2D eigenvalue weighted by Gasteiger charge is -2.20. The fourth-order valence-corrected chi connectivity index (χ4v) is 2.75. The first kappa shape index (κ1) is 9.02. The Morgan fingerprint density at radius 1 is 1.69 bits per heavy atom. The van der Waals surface area contributed by atoms with Crippen molar-refractivity contribution in [3.63, 3.8) is 0 Å². The highest BCUT2D eigenvalue weighted by Gasteiger charge is 2.32. The van der Waals surface area contributed by atoms with Crippen LogP contribution in [0, 0.1) is 0 Å². The van der Waals surface area contributed by atoms with Gasteiger partial charge < -0.3 is 0 Å². The molecule has 0 aromatic rings. The van der Waals surface area contributed by atoms with Crippen LogP contribution in [0.4, 0.5) is 0 Å². The van der Waals surface area contributed by atoms with Crippen molar-refractivity contribution in [3.05, 3.63) is 12.7 Å². The summed E-state index contributed by atoms with van der Waals surface area (Å²) in [5.74, 6) is 0. The van der Waals surface area contributed by atoms with E-state index in [9.17, 15) is 0 Å². The SMILES string of the molecule is C=CCN1SC2=NCCCN2C1=S. The van der Waals surface area contributed by atoms with Gasteiger partial charge in [-0.05, 0) is 18.6 Å². The first-order chi connectivity index (χ1) is 6.33. The number of hydrogen-bond donors (Lipinski definition) is 0. The summed E-state index contributed by atoms with van der Waals surface area (Å²) in [4.78, 5) is 6.52. The van der Waals surface area contributed by atoms with Crippen LogP contribution in [0.1, 0.15) is 6.42 Å². The Bertz CT molecular complexity index is 275. The minimum absolute atomic E-state index is 0.791. The van der Waals surface area contributed by atoms with Crippen LogP contribution >= 0.6 is 24.2 Å². The molecule has 0 bridgehead atoms. The predicted molar refractivity (Wildman–Crippen MR) is 60.7 cm³/mol. The van der Waals surface area contributed by atoms with Crippen molar-refractivity contribution < 1.29 is 0 Å². The second-order valence-corrected chi connectivity index (χ2v) is 4.25. The van der Waals surface area contributed by atoms with E-state index >= 15 is 0 Å². The molecule has 0 atom stereocenters. The average Bonchev–Trinajstić information content (AvgIpc) is 2.46. The highest BCUT2D eigenvalue weighted by Crippen LogP contribution is 2.28. The Balaban J connectivity index is 2.15. The van der Waals surface area contributed by atoms with E-state index in [1.54, 1.807) is 11.9 Å². The van der Waals surface area contributed by atoms with Crippen LogP contribution in [-0.2, 0) is 0 Å². The summed E-state index contributed by atoms with van der Waals surface area (Å²) in [5.41, 5.74) is 0. The van der Waals surface area contributed by atoms with Crippen LogP contribution in [-0.4, -0.2) is 39.1 Å². The van der Waals surface area contributed by atoms with E-state index in [1.165, 1.54) is 0 Å². The first-order valence-corrected chi connectivity index (χ1v) is 5.43. The van der Waals surface area contributed by atoms with Gasteiger partial charge in [-0.15, -0.1) is 6.58 Å². The molecular formula is C8H11N3S2. The zero-order chi connectivity index (χ0) is 9.26. The topological polar surface area (TPSA) is 18.8 Å². The fourth-order valence-electron chi connectivity index (χ4n) is 1.34. The Kier molecular flexibility index (Phi) is 2.55. The van der Waals surface area contributed by atoms with E-state index in [4.69, 9.17) is 12.2 Å². The quantitative estimate of drug-likeness (QED) is 0.393. The molecule has 70 valence electrons. The van der Waals surface area contributed by atoms with Crippen LogP contribution in [0.25, 0.3) is 0 Å². The lowest BCUT2D eigenvalue weighted by molar-refractivity contribution is 0.538. The Hall–Kier alpha value is -0.550. The summed E-state index contributed by atoms with van der Waals surface area (Å²) >= 11 is 6.93. The smallest absolute Gasteiger partial charge is 0.188 e. The summed E-state index contributed by atoms with van der Waals surface area (Å²) in [5, 5.41) is 1.93. The van der Waals surface area contributed by atoms with E-state index in [0.717, 1.165) is 36.3 Å². The predicted octanol–water partition coefficient (Wildman–Crippen LogP) is 1.48. The van der Waals surface area contributed by atoms with Crippen LogP contribution in [0.2, 0.25) is 0 Å². The summed E-state index contributed by atoms with van der Waals surface area (Å²) < 4.78 is 2.05. The van der Waals surface area contributed by atoms with Crippen molar-refractivity contribution in [2.75, 3.05) is 19.6 Å². The van der Waals surface area contributed by atoms with E-state index < -0.39 is 0 Å². The van der Waals surface area contributed by atoms with Crippen molar-refractivity contribution >= 4 is 34.4 Å². The van der Waals surface area contributed by atoms with Crippen molar-refractivity contribution in [1.82, 2.24) is 9.21 Å². The average molecular weight is 213 g/mol. The third-order valence-corrected chi connectivity index (χ3v) is 3.56. The van der Waals surface area contributed by atoms with Crippen LogP contribution in [0.15, 0.2) is 17.6 Å². The summed E-state index contributed by atoms with van der Waals surface area (Å²) in [6.45, 7) is 6.44. The summed E-state index contributed by atoms with van der Waals surface area (Å²) in [6.07, 6.45) is 2.96. The van der Waals surface area contributed by atoms with Gasteiger partial charge in [0.05, 0.1) is 6.54 Å². The lowest BCUT2D eigenvalue weighted by Crippen LogP contribution is -2.35. The highest BCUT2D eigenvalue weighted by atomic mass is 32.2. The number of amidine groups is 1. The molecule has 0 saturated carbocycles. The maximum absolute atomic E-state index is 5.31. The second-order valence-electron chi connectivity index (χ2n) is 2.89. The van der Waals surface area contributed by atoms with Crippen LogP contribution in [0.3, 0.4) is 0 Å². The Morgan fingerprint density at radius 2 is 2.54 bits per heavy atom. The maximum atomic E-state index is 5.31. The first-order valence-electron chi connectivity index (χ1n) is 4.25. The summed E-state index contributed by atoms with van der Waals surface area (Å²) in [7, 11) is 0. The molecule has 0 aromatic heterocycles. The molecule has 2 aliphatic heterocycles. The van der Waals surface area contributed by atoms with E-state index in [-0.39, 0.29) is 0 Å². The van der Waals surface area contributed by atoms with Crippen LogP contribution < -0.4 is 0 Å². The van der Waals surface area contributed by atoms with Crippen molar-refractivity contribution in [3.8, 4) is 0 Å². The molecule has 5 heteroatoms. The van der Waals surface area contributed by atoms with Gasteiger partial charge in [0, 0.05) is 25.0 Å². The molecule has 13 heavy (non-hydrogen) atoms. The van der Waals surface area contributed by atoms with Gasteiger partial charge in [0.1, 0.15) is 0 Å². The van der Waals surface area contributed by atoms with E-state index in [0.29, 0.717) is 0 Å². The standard InChI is InChI=1S/C8H11N3S2/c1-2-5-11-8(12)10-6-3-4-9-7(10)13-11/h2H,1,3-6H2. The number of hydrogen-bond acceptors (Lipinski definition) is 3. The van der Waals surface area contributed by atoms with Gasteiger partial charge >= 0.3 is 0 Å². The minimum atomic E-state index is 0.791. The molecule has 2 rings (SSSR count). The number of rotatable bonds is 2. The normalized spacial score (nSPS) is 21.5. The number of nitrogens with zero attached hydrogens (tertiary/aromatic N) is 3. The lowest BCUT2D eigenvalue weighted by atomic mass is 10.4. The molecule has 0 N–H and O–H groups in total. The molecule has 1 saturated heterocycles. The second kappa shape index (κ2) is 3.67. The molecule has 0 radical (unpaired) electrons. The highest BCUT2D eigenvalue weighted by molar-refractivity contribution is 8.13. The molecule has 0 amide bonds. The van der Waals surface area contributed by atoms with Crippen molar-refractivity contribution in [2.24, 2.45) is 4.99 Å². The largest absolute Gasteiger partial charge is 0.296 e. The fraction of sp³-hybridized carbons (Fsp3) is 0.500. The molecule has 2 aliphatic rings. The van der Waals surface area contributed by atoms with Gasteiger partial charge in [-0.3, -0.25) is 14.2 Å². The molecule has 0 unspecified atom stereocenters. The van der Waals surface area contributed by atoms with Gasteiger partial charge in [0.2, 0.25) is 0 Å². The van der Waals surface area contributed by atoms with E-state index in [1.807, 2.05) is 10.4 Å². The Labute approximate surface area is 87.6 Å². The molecular weight excluding hydrogens is 202 g/mol. The van der Waals surface area contributed by atoms with Crippen molar-refractivity contribution in [1.29, 1.82) is 0 Å².